The van der Waals surface area contributed by atoms with E-state index < -0.39 is 5.97 Å². The van der Waals surface area contributed by atoms with Gasteiger partial charge in [-0.3, -0.25) is 9.88 Å². The van der Waals surface area contributed by atoms with Gasteiger partial charge >= 0.3 is 5.97 Å². The highest BCUT2D eigenvalue weighted by atomic mass is 35.5. The Morgan fingerprint density at radius 3 is 2.14 bits per heavy atom. The smallest absolute Gasteiger partial charge is 0.335 e. The molecule has 0 amide bonds. The lowest BCUT2D eigenvalue weighted by molar-refractivity contribution is 0.0637. The number of rotatable bonds is 7. The number of hydrogen-bond donors (Lipinski definition) is 1. The molecular formula is C42H62ClFN2O3. The molecular weight excluding hydrogens is 635 g/mol. The Bertz CT molecular complexity index is 1380. The number of carboxylic acid groups (broad SMARTS) is 1. The monoisotopic (exact) mass is 696 g/mol. The van der Waals surface area contributed by atoms with Crippen molar-refractivity contribution >= 4 is 17.6 Å². The van der Waals surface area contributed by atoms with Crippen LogP contribution in [0.5, 0.6) is 0 Å². The van der Waals surface area contributed by atoms with Gasteiger partial charge in [0, 0.05) is 42.1 Å². The number of carboxylic acids is 1. The highest BCUT2D eigenvalue weighted by molar-refractivity contribution is 6.30. The average Bonchev–Trinajstić information content (AvgIpc) is 3.08. The first kappa shape index (κ1) is 44.0. The number of likely N-dealkylation sites (tertiary alicyclic amines) is 1. The standard InChI is InChI=1S/C15H22N2.C9H10O2.C8H8ClF.C8H16O.C2H6/c1-12(2)11-17-9-7-14(8-10-17)15-6-4-5-13(3)16-15;1-6-3-4-8(9(10)11)5-7(6)2;1-2-6-3-4-7(9)5-8(6)10;1-2-3-8-4-6-9-7-5-8;1-2/h4-6,14H,1,7-11H2,2-3H3;3-5H,1-2H3,(H,10,11);3-5H,2H2,1H3;8H,2-7H2,1H3;1-2H3. The van der Waals surface area contributed by atoms with Crippen molar-refractivity contribution in [3.63, 3.8) is 0 Å². The molecule has 2 fully saturated rings. The van der Waals surface area contributed by atoms with Crippen LogP contribution in [0.15, 0.2) is 66.7 Å². The molecule has 5 nitrogen and oxygen atoms in total. The molecule has 49 heavy (non-hydrogen) atoms. The molecule has 2 aliphatic rings. The Labute approximate surface area is 302 Å². The molecule has 5 rings (SSSR count). The number of aromatic nitrogens is 1. The highest BCUT2D eigenvalue weighted by Crippen LogP contribution is 2.27. The van der Waals surface area contributed by atoms with Crippen LogP contribution in [0.4, 0.5) is 4.39 Å². The van der Waals surface area contributed by atoms with E-state index in [4.69, 9.17) is 21.4 Å². The summed E-state index contributed by atoms with van der Waals surface area (Å²) in [5, 5.41) is 9.05. The maximum absolute atomic E-state index is 12.8. The van der Waals surface area contributed by atoms with E-state index >= 15 is 0 Å². The summed E-state index contributed by atoms with van der Waals surface area (Å²) in [6.45, 7) is 25.6. The van der Waals surface area contributed by atoms with Crippen molar-refractivity contribution in [3.8, 4) is 0 Å². The van der Waals surface area contributed by atoms with Crippen LogP contribution in [-0.2, 0) is 11.2 Å². The third kappa shape index (κ3) is 18.0. The highest BCUT2D eigenvalue weighted by Gasteiger charge is 2.21. The van der Waals surface area contributed by atoms with Gasteiger partial charge < -0.3 is 9.84 Å². The summed E-state index contributed by atoms with van der Waals surface area (Å²) in [5.74, 6) is 0.545. The lowest BCUT2D eigenvalue weighted by Crippen LogP contribution is -2.34. The second-order valence-electron chi connectivity index (χ2n) is 12.7. The van der Waals surface area contributed by atoms with E-state index in [1.165, 1.54) is 68.9 Å². The molecule has 2 aromatic carbocycles. The van der Waals surface area contributed by atoms with Crippen LogP contribution < -0.4 is 0 Å². The predicted octanol–water partition coefficient (Wildman–Crippen LogP) is 11.4. The van der Waals surface area contributed by atoms with Crippen LogP contribution in [0.25, 0.3) is 0 Å². The number of ether oxygens (including phenoxy) is 1. The summed E-state index contributed by atoms with van der Waals surface area (Å²) in [6.07, 6.45) is 8.51. The summed E-state index contributed by atoms with van der Waals surface area (Å²) in [5.41, 5.74) is 6.88. The van der Waals surface area contributed by atoms with Gasteiger partial charge in [-0.15, -0.1) is 0 Å². The molecule has 0 spiro atoms. The number of carbonyl (C=O) groups is 1. The molecule has 2 aliphatic heterocycles. The Hall–Kier alpha value is -3.06. The van der Waals surface area contributed by atoms with E-state index in [0.29, 0.717) is 28.5 Å². The van der Waals surface area contributed by atoms with Gasteiger partial charge in [0.2, 0.25) is 0 Å². The number of piperidine rings is 1. The fourth-order valence-electron chi connectivity index (χ4n) is 5.69. The largest absolute Gasteiger partial charge is 0.478 e. The topological polar surface area (TPSA) is 62.7 Å². The van der Waals surface area contributed by atoms with Gasteiger partial charge in [0.1, 0.15) is 5.82 Å². The zero-order chi connectivity index (χ0) is 36.8. The van der Waals surface area contributed by atoms with Crippen molar-refractivity contribution < 1.29 is 19.0 Å². The molecule has 0 aliphatic carbocycles. The van der Waals surface area contributed by atoms with Gasteiger partial charge in [0.15, 0.2) is 0 Å². The predicted molar refractivity (Wildman–Crippen MR) is 206 cm³/mol. The van der Waals surface area contributed by atoms with Crippen LogP contribution in [-0.4, -0.2) is 53.8 Å². The van der Waals surface area contributed by atoms with Crippen molar-refractivity contribution in [2.45, 2.75) is 106 Å². The van der Waals surface area contributed by atoms with Gasteiger partial charge in [0.25, 0.3) is 0 Å². The summed E-state index contributed by atoms with van der Waals surface area (Å²) >= 11 is 5.53. The van der Waals surface area contributed by atoms with Gasteiger partial charge in [-0.25, -0.2) is 9.18 Å². The average molecular weight is 697 g/mol. The Kier molecular flexibility index (Phi) is 22.4. The number of hydrogen-bond acceptors (Lipinski definition) is 4. The minimum absolute atomic E-state index is 0.213. The number of pyridine rings is 1. The lowest BCUT2D eigenvalue weighted by atomic mass is 9.93. The van der Waals surface area contributed by atoms with Gasteiger partial charge in [-0.1, -0.05) is 82.5 Å². The number of nitrogens with zero attached hydrogens (tertiary/aromatic N) is 2. The minimum Gasteiger partial charge on any atom is -0.478 e. The van der Waals surface area contributed by atoms with Crippen LogP contribution in [0.2, 0.25) is 5.02 Å². The van der Waals surface area contributed by atoms with E-state index in [1.54, 1.807) is 24.3 Å². The van der Waals surface area contributed by atoms with Crippen molar-refractivity contribution in [3.05, 3.63) is 111 Å². The molecule has 0 atom stereocenters. The summed E-state index contributed by atoms with van der Waals surface area (Å²) in [6, 6.07) is 16.2. The lowest BCUT2D eigenvalue weighted by Gasteiger charge is -2.31. The molecule has 1 aromatic heterocycles. The summed E-state index contributed by atoms with van der Waals surface area (Å²) < 4.78 is 18.0. The molecule has 1 N–H and O–H groups in total. The van der Waals surface area contributed by atoms with Gasteiger partial charge in [-0.05, 0) is 132 Å². The first-order valence-corrected chi connectivity index (χ1v) is 18.4. The van der Waals surface area contributed by atoms with Gasteiger partial charge in [-0.2, -0.15) is 0 Å². The molecule has 0 unspecified atom stereocenters. The summed E-state index contributed by atoms with van der Waals surface area (Å²) in [7, 11) is 0. The van der Waals surface area contributed by atoms with Gasteiger partial charge in [0.05, 0.1) is 5.56 Å². The van der Waals surface area contributed by atoms with E-state index in [0.717, 1.165) is 42.5 Å². The minimum atomic E-state index is -0.867. The van der Waals surface area contributed by atoms with Crippen molar-refractivity contribution in [2.75, 3.05) is 32.8 Å². The first-order chi connectivity index (χ1) is 23.4. The zero-order valence-electron chi connectivity index (χ0n) is 31.5. The summed E-state index contributed by atoms with van der Waals surface area (Å²) in [4.78, 5) is 17.6. The zero-order valence-corrected chi connectivity index (χ0v) is 32.2. The molecule has 0 radical (unpaired) electrons. The fraction of sp³-hybridized carbons (Fsp3) is 0.524. The second-order valence-corrected chi connectivity index (χ2v) is 13.2. The van der Waals surface area contributed by atoms with Crippen molar-refractivity contribution in [1.29, 1.82) is 0 Å². The van der Waals surface area contributed by atoms with E-state index in [9.17, 15) is 9.18 Å². The maximum atomic E-state index is 12.8. The molecule has 0 saturated carbocycles. The Morgan fingerprint density at radius 2 is 1.63 bits per heavy atom. The van der Waals surface area contributed by atoms with Crippen LogP contribution >= 0.6 is 11.6 Å². The normalized spacial score (nSPS) is 14.7. The third-order valence-corrected chi connectivity index (χ3v) is 8.83. The quantitative estimate of drug-likeness (QED) is 0.249. The Morgan fingerprint density at radius 1 is 0.980 bits per heavy atom. The van der Waals surface area contributed by atoms with Crippen molar-refractivity contribution in [1.82, 2.24) is 9.88 Å². The Balaban J connectivity index is 0.000000332. The number of aromatic carboxylic acids is 1. The SMILES string of the molecule is C=C(C)CN1CCC(c2cccc(C)n2)CC1.CC.CCCC1CCOCC1.CCc1ccc(Cl)cc1F.Cc1ccc(C(=O)O)cc1C. The van der Waals surface area contributed by atoms with E-state index in [-0.39, 0.29) is 5.82 Å². The number of halogens is 2. The van der Waals surface area contributed by atoms with Crippen LogP contribution in [0, 0.1) is 32.5 Å². The van der Waals surface area contributed by atoms with Crippen LogP contribution in [0.3, 0.4) is 0 Å². The molecule has 3 aromatic rings. The third-order valence-electron chi connectivity index (χ3n) is 8.60. The maximum Gasteiger partial charge on any atom is 0.335 e. The van der Waals surface area contributed by atoms with Crippen LogP contribution in [0.1, 0.15) is 117 Å². The van der Waals surface area contributed by atoms with E-state index in [2.05, 4.69) is 55.4 Å². The molecule has 272 valence electrons. The fourth-order valence-corrected chi connectivity index (χ4v) is 5.85. The molecule has 7 heteroatoms. The second kappa shape index (κ2) is 25.0. The molecule has 3 heterocycles. The van der Waals surface area contributed by atoms with E-state index in [1.807, 2.05) is 40.7 Å². The first-order valence-electron chi connectivity index (χ1n) is 18.1. The molecule has 2 saturated heterocycles. The number of benzene rings is 2. The number of aryl methyl sites for hydroxylation is 4. The van der Waals surface area contributed by atoms with Crippen molar-refractivity contribution in [2.24, 2.45) is 5.92 Å². The molecule has 0 bridgehead atoms.